The van der Waals surface area contributed by atoms with Crippen LogP contribution in [-0.4, -0.2) is 62.9 Å². The van der Waals surface area contributed by atoms with Gasteiger partial charge in [-0.25, -0.2) is 4.79 Å². The third-order valence-electron chi connectivity index (χ3n) is 5.27. The number of hydrogen-bond acceptors (Lipinski definition) is 9. The topological polar surface area (TPSA) is 120 Å². The van der Waals surface area contributed by atoms with E-state index in [9.17, 15) is 20.1 Å². The van der Waals surface area contributed by atoms with Gasteiger partial charge in [-0.1, -0.05) is 11.8 Å². The molecular weight excluding hydrogens is 396 g/mol. The molecule has 9 nitrogen and oxygen atoms in total. The molecule has 0 unspecified atom stereocenters. The number of aliphatic hydroxyl groups excluding tert-OH is 3. The molecule has 1 saturated heterocycles. The minimum Gasteiger partial charge on any atom is -0.394 e. The van der Waals surface area contributed by atoms with E-state index in [-0.39, 0.29) is 0 Å². The van der Waals surface area contributed by atoms with Crippen LogP contribution in [0.15, 0.2) is 39.0 Å². The lowest BCUT2D eigenvalue weighted by Crippen LogP contribution is -2.36. The molecule has 2 aromatic rings. The lowest BCUT2D eigenvalue weighted by Gasteiger charge is -2.26. The molecule has 10 heteroatoms. The number of aromatic nitrogens is 2. The van der Waals surface area contributed by atoms with Gasteiger partial charge in [-0.3, -0.25) is 4.57 Å². The molecular formula is C19H24N4O5S. The van der Waals surface area contributed by atoms with Gasteiger partial charge >= 0.3 is 5.69 Å². The van der Waals surface area contributed by atoms with Crippen LogP contribution in [0.4, 0.5) is 17.2 Å². The predicted molar refractivity (Wildman–Crippen MR) is 109 cm³/mol. The van der Waals surface area contributed by atoms with Crippen molar-refractivity contribution < 1.29 is 20.1 Å². The van der Waals surface area contributed by atoms with Gasteiger partial charge in [0, 0.05) is 29.9 Å². The second-order valence-corrected chi connectivity index (χ2v) is 8.04. The first kappa shape index (κ1) is 20.2. The van der Waals surface area contributed by atoms with E-state index in [1.807, 2.05) is 12.1 Å². The number of rotatable bonds is 5. The van der Waals surface area contributed by atoms with Crippen molar-refractivity contribution in [2.24, 2.45) is 0 Å². The zero-order valence-corrected chi connectivity index (χ0v) is 17.0. The van der Waals surface area contributed by atoms with Crippen LogP contribution in [0.2, 0.25) is 0 Å². The maximum absolute atomic E-state index is 12.6. The summed E-state index contributed by atoms with van der Waals surface area (Å²) in [5.74, 6) is 0.437. The Hall–Kier alpha value is -2.11. The van der Waals surface area contributed by atoms with E-state index in [1.165, 1.54) is 11.8 Å². The van der Waals surface area contributed by atoms with Crippen LogP contribution in [0.3, 0.4) is 0 Å². The number of aliphatic hydroxyl groups is 3. The Balaban J connectivity index is 1.65. The van der Waals surface area contributed by atoms with Crippen molar-refractivity contribution in [3.8, 4) is 0 Å². The van der Waals surface area contributed by atoms with Crippen molar-refractivity contribution in [1.29, 1.82) is 0 Å². The molecule has 0 radical (unpaired) electrons. The largest absolute Gasteiger partial charge is 0.394 e. The van der Waals surface area contributed by atoms with Gasteiger partial charge in [-0.15, -0.1) is 0 Å². The fourth-order valence-electron chi connectivity index (χ4n) is 3.64. The molecule has 0 bridgehead atoms. The summed E-state index contributed by atoms with van der Waals surface area (Å²) in [5.41, 5.74) is 1.35. The van der Waals surface area contributed by atoms with E-state index in [2.05, 4.69) is 35.1 Å². The average Bonchev–Trinajstić information content (AvgIpc) is 3.01. The lowest BCUT2D eigenvalue weighted by molar-refractivity contribution is -0.0552. The van der Waals surface area contributed by atoms with Crippen LogP contribution in [0.5, 0.6) is 0 Å². The van der Waals surface area contributed by atoms with Crippen LogP contribution in [0, 0.1) is 0 Å². The number of anilines is 3. The van der Waals surface area contributed by atoms with Crippen LogP contribution >= 0.6 is 11.8 Å². The Kier molecular flexibility index (Phi) is 5.54. The van der Waals surface area contributed by atoms with Crippen molar-refractivity contribution in [3.05, 3.63) is 34.9 Å². The molecule has 0 saturated carbocycles. The molecule has 4 atom stereocenters. The first-order valence-electron chi connectivity index (χ1n) is 9.56. The minimum absolute atomic E-state index is 0.437. The number of benzene rings is 1. The molecule has 2 aliphatic rings. The molecule has 1 fully saturated rings. The van der Waals surface area contributed by atoms with E-state index < -0.39 is 36.8 Å². The highest BCUT2D eigenvalue weighted by Crippen LogP contribution is 2.44. The monoisotopic (exact) mass is 420 g/mol. The van der Waals surface area contributed by atoms with Crippen molar-refractivity contribution in [3.63, 3.8) is 0 Å². The van der Waals surface area contributed by atoms with E-state index in [0.717, 1.165) is 33.9 Å². The van der Waals surface area contributed by atoms with E-state index in [4.69, 9.17) is 4.74 Å². The zero-order chi connectivity index (χ0) is 20.7. The second kappa shape index (κ2) is 7.96. The molecule has 0 amide bonds. The highest BCUT2D eigenvalue weighted by molar-refractivity contribution is 7.99. The van der Waals surface area contributed by atoms with Crippen LogP contribution in [0.1, 0.15) is 20.1 Å². The van der Waals surface area contributed by atoms with Crippen LogP contribution in [-0.2, 0) is 4.74 Å². The average molecular weight is 420 g/mol. The maximum atomic E-state index is 12.6. The van der Waals surface area contributed by atoms with Crippen molar-refractivity contribution >= 4 is 29.0 Å². The molecule has 4 rings (SSSR count). The van der Waals surface area contributed by atoms with Gasteiger partial charge in [-0.05, 0) is 32.0 Å². The van der Waals surface area contributed by atoms with Gasteiger partial charge < -0.3 is 30.3 Å². The third kappa shape index (κ3) is 3.51. The number of nitrogens with zero attached hydrogens (tertiary/aromatic N) is 3. The summed E-state index contributed by atoms with van der Waals surface area (Å²) < 4.78 is 6.63. The standard InChI is InChI=1S/C19H24N4O5S/c1-3-22(4-2)10-5-6-13-11(7-10)20-17-14(29-13)8-23(19(27)21-17)18-16(26)15(25)12(9-24)28-18/h5-8,12,15-16,18,24-26H,3-4,9H2,1-2H3,(H,20,21,27)/t12-,15+,16+,18-/m1/s1. The summed E-state index contributed by atoms with van der Waals surface area (Å²) in [4.78, 5) is 20.6. The van der Waals surface area contributed by atoms with Gasteiger partial charge in [0.25, 0.3) is 0 Å². The van der Waals surface area contributed by atoms with E-state index in [0.29, 0.717) is 10.7 Å². The molecule has 156 valence electrons. The summed E-state index contributed by atoms with van der Waals surface area (Å²) in [7, 11) is 0. The predicted octanol–water partition coefficient (Wildman–Crippen LogP) is 0.909. The molecule has 0 aliphatic carbocycles. The van der Waals surface area contributed by atoms with Crippen molar-refractivity contribution in [1.82, 2.24) is 9.55 Å². The Labute approximate surface area is 172 Å². The van der Waals surface area contributed by atoms with Crippen LogP contribution in [0.25, 0.3) is 0 Å². The van der Waals surface area contributed by atoms with E-state index >= 15 is 0 Å². The zero-order valence-electron chi connectivity index (χ0n) is 16.1. The molecule has 2 aliphatic heterocycles. The van der Waals surface area contributed by atoms with Crippen molar-refractivity contribution in [2.45, 2.75) is 48.2 Å². The van der Waals surface area contributed by atoms with Crippen molar-refractivity contribution in [2.75, 3.05) is 29.9 Å². The third-order valence-corrected chi connectivity index (χ3v) is 6.37. The highest BCUT2D eigenvalue weighted by atomic mass is 32.2. The fourth-order valence-corrected chi connectivity index (χ4v) is 4.60. The van der Waals surface area contributed by atoms with Crippen LogP contribution < -0.4 is 15.9 Å². The number of nitrogens with one attached hydrogen (secondary N) is 1. The molecule has 1 aromatic heterocycles. The van der Waals surface area contributed by atoms with Gasteiger partial charge in [0.15, 0.2) is 12.0 Å². The molecule has 29 heavy (non-hydrogen) atoms. The molecule has 0 spiro atoms. The first-order chi connectivity index (χ1) is 14.0. The Morgan fingerprint density at radius 1 is 1.24 bits per heavy atom. The SMILES string of the molecule is CCN(CC)c1ccc2c(c1)Nc1nc(=O)n([C@@H]3O[C@H](CO)[C@H](O)[C@@H]3O)cc1S2. The summed E-state index contributed by atoms with van der Waals surface area (Å²) in [6, 6.07) is 6.12. The highest BCUT2D eigenvalue weighted by Gasteiger charge is 2.44. The van der Waals surface area contributed by atoms with Gasteiger partial charge in [0.05, 0.1) is 17.2 Å². The minimum atomic E-state index is -1.34. The Morgan fingerprint density at radius 2 is 2.00 bits per heavy atom. The molecule has 1 aromatic carbocycles. The van der Waals surface area contributed by atoms with Gasteiger partial charge in [-0.2, -0.15) is 4.98 Å². The smallest absolute Gasteiger partial charge is 0.351 e. The Morgan fingerprint density at radius 3 is 2.66 bits per heavy atom. The van der Waals surface area contributed by atoms with Gasteiger partial charge in [0.2, 0.25) is 0 Å². The quantitative estimate of drug-likeness (QED) is 0.477. The molecule has 3 heterocycles. The maximum Gasteiger partial charge on any atom is 0.351 e. The number of hydrogen-bond donors (Lipinski definition) is 4. The van der Waals surface area contributed by atoms with Gasteiger partial charge in [0.1, 0.15) is 18.3 Å². The summed E-state index contributed by atoms with van der Waals surface area (Å²) >= 11 is 1.46. The normalized spacial score (nSPS) is 25.3. The second-order valence-electron chi connectivity index (χ2n) is 6.95. The number of ether oxygens (including phenoxy) is 1. The Bertz CT molecular complexity index is 964. The van der Waals surface area contributed by atoms with E-state index in [1.54, 1.807) is 6.20 Å². The fraction of sp³-hybridized carbons (Fsp3) is 0.474. The first-order valence-corrected chi connectivity index (χ1v) is 10.4. The lowest BCUT2D eigenvalue weighted by atomic mass is 10.1. The summed E-state index contributed by atoms with van der Waals surface area (Å²) in [6.07, 6.45) is -3.13. The summed E-state index contributed by atoms with van der Waals surface area (Å²) in [6.45, 7) is 5.53. The number of fused-ring (bicyclic) bond motifs is 2. The molecule has 4 N–H and O–H groups in total. The summed E-state index contributed by atoms with van der Waals surface area (Å²) in [5, 5.41) is 32.7.